The first kappa shape index (κ1) is 20.2. The molecule has 1 saturated heterocycles. The van der Waals surface area contributed by atoms with Gasteiger partial charge in [-0.25, -0.2) is 0 Å². The lowest BCUT2D eigenvalue weighted by Gasteiger charge is -2.37. The number of ether oxygens (including phenoxy) is 1. The predicted molar refractivity (Wildman–Crippen MR) is 102 cm³/mol. The molecule has 0 bridgehead atoms. The van der Waals surface area contributed by atoms with Crippen LogP contribution in [0.3, 0.4) is 0 Å². The van der Waals surface area contributed by atoms with Gasteiger partial charge in [0.2, 0.25) is 11.8 Å². The van der Waals surface area contributed by atoms with Crippen molar-refractivity contribution in [3.05, 3.63) is 29.8 Å². The Labute approximate surface area is 156 Å². The number of hydrogen-bond acceptors (Lipinski definition) is 4. The minimum atomic E-state index is -0.349. The third kappa shape index (κ3) is 5.73. The van der Waals surface area contributed by atoms with Crippen molar-refractivity contribution < 1.29 is 14.3 Å². The van der Waals surface area contributed by atoms with Crippen LogP contribution in [0.4, 0.5) is 0 Å². The lowest BCUT2D eigenvalue weighted by molar-refractivity contribution is -0.141. The molecular formula is C20H31N3O3. The first-order valence-corrected chi connectivity index (χ1v) is 9.21. The molecule has 0 aliphatic carbocycles. The van der Waals surface area contributed by atoms with Crippen LogP contribution in [0.5, 0.6) is 5.75 Å². The van der Waals surface area contributed by atoms with Crippen LogP contribution >= 0.6 is 0 Å². The fourth-order valence-electron chi connectivity index (χ4n) is 3.09. The maximum absolute atomic E-state index is 12.3. The molecule has 1 aromatic rings. The highest BCUT2D eigenvalue weighted by molar-refractivity contribution is 5.81. The predicted octanol–water partition coefficient (Wildman–Crippen LogP) is 1.54. The number of hydrogen-bond donors (Lipinski definition) is 1. The topological polar surface area (TPSA) is 61.9 Å². The van der Waals surface area contributed by atoms with E-state index in [2.05, 4.69) is 10.2 Å². The van der Waals surface area contributed by atoms with Crippen LogP contribution in [0.25, 0.3) is 0 Å². The number of carbonyl (C=O) groups is 2. The molecule has 0 radical (unpaired) electrons. The summed E-state index contributed by atoms with van der Waals surface area (Å²) < 4.78 is 5.32. The standard InChI is InChI=1S/C20H31N3O3/c1-20(2,3)19(25)23-13-11-22(12-14-23)15-18(24)21-10-9-16-7-5-6-8-17(16)26-4/h5-8H,9-15H2,1-4H3,(H,21,24). The first-order valence-electron chi connectivity index (χ1n) is 9.21. The molecule has 6 heteroatoms. The van der Waals surface area contributed by atoms with E-state index in [-0.39, 0.29) is 17.2 Å². The van der Waals surface area contributed by atoms with Crippen molar-refractivity contribution in [2.75, 3.05) is 46.4 Å². The summed E-state index contributed by atoms with van der Waals surface area (Å²) in [6, 6.07) is 7.84. The van der Waals surface area contributed by atoms with E-state index in [9.17, 15) is 9.59 Å². The smallest absolute Gasteiger partial charge is 0.234 e. The molecule has 2 rings (SSSR count). The zero-order chi connectivity index (χ0) is 19.2. The SMILES string of the molecule is COc1ccccc1CCNC(=O)CN1CCN(C(=O)C(C)(C)C)CC1. The Morgan fingerprint density at radius 1 is 1.12 bits per heavy atom. The van der Waals surface area contributed by atoms with E-state index < -0.39 is 0 Å². The molecule has 0 saturated carbocycles. The van der Waals surface area contributed by atoms with Gasteiger partial charge in [-0.2, -0.15) is 0 Å². The van der Waals surface area contributed by atoms with Crippen LogP contribution < -0.4 is 10.1 Å². The van der Waals surface area contributed by atoms with Crippen molar-refractivity contribution in [3.63, 3.8) is 0 Å². The van der Waals surface area contributed by atoms with Gasteiger partial charge in [-0.3, -0.25) is 14.5 Å². The molecule has 2 amide bonds. The number of nitrogens with zero attached hydrogens (tertiary/aromatic N) is 2. The second-order valence-electron chi connectivity index (χ2n) is 7.73. The van der Waals surface area contributed by atoms with E-state index in [1.807, 2.05) is 49.9 Å². The second-order valence-corrected chi connectivity index (χ2v) is 7.73. The van der Waals surface area contributed by atoms with Crippen LogP contribution in [0, 0.1) is 5.41 Å². The fraction of sp³-hybridized carbons (Fsp3) is 0.600. The van der Waals surface area contributed by atoms with E-state index in [4.69, 9.17) is 4.74 Å². The zero-order valence-electron chi connectivity index (χ0n) is 16.4. The van der Waals surface area contributed by atoms with Gasteiger partial charge in [0.15, 0.2) is 0 Å². The molecule has 1 aliphatic heterocycles. The van der Waals surface area contributed by atoms with E-state index in [0.29, 0.717) is 26.2 Å². The maximum Gasteiger partial charge on any atom is 0.234 e. The van der Waals surface area contributed by atoms with Crippen molar-refractivity contribution in [3.8, 4) is 5.75 Å². The van der Waals surface area contributed by atoms with E-state index >= 15 is 0 Å². The summed E-state index contributed by atoms with van der Waals surface area (Å²) in [5.41, 5.74) is 0.738. The molecule has 1 fully saturated rings. The number of carbonyl (C=O) groups excluding carboxylic acids is 2. The Bertz CT molecular complexity index is 617. The summed E-state index contributed by atoms with van der Waals surface area (Å²) in [7, 11) is 1.65. The van der Waals surface area contributed by atoms with Crippen LogP contribution in [0.2, 0.25) is 0 Å². The molecular weight excluding hydrogens is 330 g/mol. The lowest BCUT2D eigenvalue weighted by atomic mass is 9.94. The summed E-state index contributed by atoms with van der Waals surface area (Å²) in [5.74, 6) is 1.05. The van der Waals surface area contributed by atoms with E-state index in [1.54, 1.807) is 7.11 Å². The third-order valence-corrected chi connectivity index (χ3v) is 4.58. The Morgan fingerprint density at radius 3 is 2.38 bits per heavy atom. The molecule has 0 unspecified atom stereocenters. The van der Waals surface area contributed by atoms with E-state index in [0.717, 1.165) is 30.8 Å². The Hall–Kier alpha value is -2.08. The number of methoxy groups -OCH3 is 1. The number of para-hydroxylation sites is 1. The van der Waals surface area contributed by atoms with Crippen molar-refractivity contribution >= 4 is 11.8 Å². The third-order valence-electron chi connectivity index (χ3n) is 4.58. The molecule has 1 aliphatic rings. The highest BCUT2D eigenvalue weighted by Crippen LogP contribution is 2.19. The maximum atomic E-state index is 12.3. The number of amides is 2. The zero-order valence-corrected chi connectivity index (χ0v) is 16.4. The average molecular weight is 361 g/mol. The lowest BCUT2D eigenvalue weighted by Crippen LogP contribution is -2.53. The van der Waals surface area contributed by atoms with Crippen LogP contribution in [0.15, 0.2) is 24.3 Å². The first-order chi connectivity index (χ1) is 12.3. The quantitative estimate of drug-likeness (QED) is 0.835. The van der Waals surface area contributed by atoms with Gasteiger partial charge in [0.05, 0.1) is 13.7 Å². The largest absolute Gasteiger partial charge is 0.496 e. The Kier molecular flexibility index (Phi) is 7.03. The number of piperazine rings is 1. The second kappa shape index (κ2) is 9.03. The summed E-state index contributed by atoms with van der Waals surface area (Å²) in [6.07, 6.45) is 0.740. The summed E-state index contributed by atoms with van der Waals surface area (Å²) in [5, 5.41) is 2.97. The van der Waals surface area contributed by atoms with Gasteiger partial charge in [0.1, 0.15) is 5.75 Å². The van der Waals surface area contributed by atoms with Crippen molar-refractivity contribution in [2.24, 2.45) is 5.41 Å². The minimum Gasteiger partial charge on any atom is -0.496 e. The van der Waals surface area contributed by atoms with Gasteiger partial charge in [0, 0.05) is 38.1 Å². The van der Waals surface area contributed by atoms with Crippen molar-refractivity contribution in [1.29, 1.82) is 0 Å². The van der Waals surface area contributed by atoms with E-state index in [1.165, 1.54) is 0 Å². The molecule has 6 nitrogen and oxygen atoms in total. The molecule has 26 heavy (non-hydrogen) atoms. The fourth-order valence-corrected chi connectivity index (χ4v) is 3.09. The van der Waals surface area contributed by atoms with Crippen molar-refractivity contribution in [2.45, 2.75) is 27.2 Å². The average Bonchev–Trinajstić information content (AvgIpc) is 2.61. The van der Waals surface area contributed by atoms with Crippen LogP contribution in [-0.2, 0) is 16.0 Å². The Morgan fingerprint density at radius 2 is 1.77 bits per heavy atom. The minimum absolute atomic E-state index is 0.0236. The molecule has 144 valence electrons. The summed E-state index contributed by atoms with van der Waals surface area (Å²) in [6.45, 7) is 9.63. The van der Waals surface area contributed by atoms with Crippen LogP contribution in [0.1, 0.15) is 26.3 Å². The highest BCUT2D eigenvalue weighted by Gasteiger charge is 2.29. The van der Waals surface area contributed by atoms with Crippen molar-refractivity contribution in [1.82, 2.24) is 15.1 Å². The normalized spacial score (nSPS) is 15.6. The van der Waals surface area contributed by atoms with Gasteiger partial charge in [0.25, 0.3) is 0 Å². The highest BCUT2D eigenvalue weighted by atomic mass is 16.5. The molecule has 0 atom stereocenters. The Balaban J connectivity index is 1.70. The summed E-state index contributed by atoms with van der Waals surface area (Å²) >= 11 is 0. The van der Waals surface area contributed by atoms with Crippen LogP contribution in [-0.4, -0.2) is 68.0 Å². The van der Waals surface area contributed by atoms with Gasteiger partial charge >= 0.3 is 0 Å². The molecule has 0 aromatic heterocycles. The molecule has 1 heterocycles. The van der Waals surface area contributed by atoms with Gasteiger partial charge in [-0.1, -0.05) is 39.0 Å². The van der Waals surface area contributed by atoms with Gasteiger partial charge in [-0.05, 0) is 18.1 Å². The number of benzene rings is 1. The van der Waals surface area contributed by atoms with Gasteiger partial charge in [-0.15, -0.1) is 0 Å². The number of nitrogens with one attached hydrogen (secondary N) is 1. The molecule has 1 aromatic carbocycles. The number of rotatable bonds is 6. The van der Waals surface area contributed by atoms with Gasteiger partial charge < -0.3 is 15.0 Å². The summed E-state index contributed by atoms with van der Waals surface area (Å²) in [4.78, 5) is 28.5. The molecule has 0 spiro atoms. The molecule has 1 N–H and O–H groups in total. The monoisotopic (exact) mass is 361 g/mol.